The van der Waals surface area contributed by atoms with E-state index in [0.717, 1.165) is 42.8 Å². The summed E-state index contributed by atoms with van der Waals surface area (Å²) in [6.07, 6.45) is 6.42. The number of hydrogen-bond acceptors (Lipinski definition) is 2. The summed E-state index contributed by atoms with van der Waals surface area (Å²) in [5, 5.41) is 8.89. The molecular weight excluding hydrogens is 252 g/mol. The molecule has 0 spiro atoms. The molecular formula is C17H24O3. The van der Waals surface area contributed by atoms with Crippen LogP contribution in [0.4, 0.5) is 0 Å². The van der Waals surface area contributed by atoms with Crippen molar-refractivity contribution in [2.24, 2.45) is 0 Å². The standard InChI is InChI=1S/C17H24O3/c1-3-5-6-12-20-16-10-8-14(9-11-16)15(7-4-2)13-17(18)19/h8-11,13H,3-7,12H2,1-2H3,(H,18,19)/b15-13+. The lowest BCUT2D eigenvalue weighted by Gasteiger charge is -2.09. The highest BCUT2D eigenvalue weighted by atomic mass is 16.5. The van der Waals surface area contributed by atoms with Gasteiger partial charge in [-0.15, -0.1) is 0 Å². The van der Waals surface area contributed by atoms with Gasteiger partial charge in [0.2, 0.25) is 0 Å². The molecule has 0 saturated heterocycles. The van der Waals surface area contributed by atoms with Gasteiger partial charge in [-0.1, -0.05) is 45.2 Å². The van der Waals surface area contributed by atoms with Gasteiger partial charge >= 0.3 is 5.97 Å². The zero-order chi connectivity index (χ0) is 14.8. The highest BCUT2D eigenvalue weighted by Crippen LogP contribution is 2.22. The van der Waals surface area contributed by atoms with Crippen molar-refractivity contribution in [3.05, 3.63) is 35.9 Å². The molecule has 0 aliphatic carbocycles. The molecule has 0 amide bonds. The number of allylic oxidation sites excluding steroid dienone is 1. The van der Waals surface area contributed by atoms with Gasteiger partial charge in [0.25, 0.3) is 0 Å². The predicted octanol–water partition coefficient (Wildman–Crippen LogP) is 4.52. The average molecular weight is 276 g/mol. The number of carboxylic acid groups (broad SMARTS) is 1. The zero-order valence-corrected chi connectivity index (χ0v) is 12.4. The summed E-state index contributed by atoms with van der Waals surface area (Å²) < 4.78 is 5.65. The molecule has 1 rings (SSSR count). The molecule has 0 unspecified atom stereocenters. The number of unbranched alkanes of at least 4 members (excludes halogenated alkanes) is 2. The van der Waals surface area contributed by atoms with E-state index in [1.165, 1.54) is 18.9 Å². The Labute approximate surface area is 121 Å². The quantitative estimate of drug-likeness (QED) is 0.532. The molecule has 20 heavy (non-hydrogen) atoms. The molecule has 0 radical (unpaired) electrons. The molecule has 0 bridgehead atoms. The van der Waals surface area contributed by atoms with E-state index in [4.69, 9.17) is 9.84 Å². The first kappa shape index (κ1) is 16.3. The number of ether oxygens (including phenoxy) is 1. The van der Waals surface area contributed by atoms with Crippen molar-refractivity contribution in [1.29, 1.82) is 0 Å². The Morgan fingerprint density at radius 1 is 1.15 bits per heavy atom. The van der Waals surface area contributed by atoms with Crippen molar-refractivity contribution in [1.82, 2.24) is 0 Å². The lowest BCUT2D eigenvalue weighted by molar-refractivity contribution is -0.131. The van der Waals surface area contributed by atoms with E-state index in [2.05, 4.69) is 6.92 Å². The van der Waals surface area contributed by atoms with Gasteiger partial charge in [-0.2, -0.15) is 0 Å². The maximum absolute atomic E-state index is 10.8. The monoisotopic (exact) mass is 276 g/mol. The van der Waals surface area contributed by atoms with Crippen LogP contribution in [0.1, 0.15) is 51.5 Å². The van der Waals surface area contributed by atoms with Crippen molar-refractivity contribution < 1.29 is 14.6 Å². The zero-order valence-electron chi connectivity index (χ0n) is 12.4. The van der Waals surface area contributed by atoms with E-state index in [1.807, 2.05) is 31.2 Å². The third-order valence-corrected chi connectivity index (χ3v) is 3.06. The van der Waals surface area contributed by atoms with Crippen molar-refractivity contribution in [3.8, 4) is 5.75 Å². The Bertz CT molecular complexity index is 432. The number of carbonyl (C=O) groups is 1. The highest BCUT2D eigenvalue weighted by molar-refractivity contribution is 5.90. The van der Waals surface area contributed by atoms with E-state index >= 15 is 0 Å². The molecule has 1 aromatic carbocycles. The van der Waals surface area contributed by atoms with Crippen molar-refractivity contribution in [3.63, 3.8) is 0 Å². The first-order chi connectivity index (χ1) is 9.67. The van der Waals surface area contributed by atoms with E-state index in [1.54, 1.807) is 0 Å². The van der Waals surface area contributed by atoms with Gasteiger partial charge in [0.15, 0.2) is 0 Å². The minimum atomic E-state index is -0.895. The third-order valence-electron chi connectivity index (χ3n) is 3.06. The molecule has 0 saturated carbocycles. The van der Waals surface area contributed by atoms with Gasteiger partial charge < -0.3 is 9.84 Å². The first-order valence-electron chi connectivity index (χ1n) is 7.34. The number of aliphatic carboxylic acids is 1. The van der Waals surface area contributed by atoms with Gasteiger partial charge in [0.05, 0.1) is 6.61 Å². The molecule has 0 aromatic heterocycles. The Kier molecular flexibility index (Phi) is 7.48. The SMILES string of the molecule is CCCCCOc1ccc(/C(=C/C(=O)O)CCC)cc1. The second-order valence-corrected chi connectivity index (χ2v) is 4.84. The normalized spacial score (nSPS) is 11.4. The van der Waals surface area contributed by atoms with E-state index in [9.17, 15) is 4.79 Å². The minimum Gasteiger partial charge on any atom is -0.494 e. The molecule has 0 atom stereocenters. The van der Waals surface area contributed by atoms with Crippen LogP contribution in [-0.4, -0.2) is 17.7 Å². The fourth-order valence-corrected chi connectivity index (χ4v) is 2.03. The molecule has 0 aliphatic heterocycles. The number of hydrogen-bond donors (Lipinski definition) is 1. The summed E-state index contributed by atoms with van der Waals surface area (Å²) in [7, 11) is 0. The van der Waals surface area contributed by atoms with Crippen LogP contribution in [0, 0.1) is 0 Å². The second-order valence-electron chi connectivity index (χ2n) is 4.84. The second kappa shape index (κ2) is 9.18. The van der Waals surface area contributed by atoms with Crippen LogP contribution >= 0.6 is 0 Å². The molecule has 1 aromatic rings. The van der Waals surface area contributed by atoms with E-state index in [0.29, 0.717) is 0 Å². The largest absolute Gasteiger partial charge is 0.494 e. The smallest absolute Gasteiger partial charge is 0.328 e. The van der Waals surface area contributed by atoms with Crippen LogP contribution in [0.2, 0.25) is 0 Å². The number of benzene rings is 1. The van der Waals surface area contributed by atoms with Crippen LogP contribution in [0.15, 0.2) is 30.3 Å². The van der Waals surface area contributed by atoms with Crippen molar-refractivity contribution in [2.45, 2.75) is 46.0 Å². The molecule has 1 N–H and O–H groups in total. The molecule has 3 nitrogen and oxygen atoms in total. The van der Waals surface area contributed by atoms with Crippen LogP contribution in [0.5, 0.6) is 5.75 Å². The minimum absolute atomic E-state index is 0.736. The Hall–Kier alpha value is -1.77. The van der Waals surface area contributed by atoms with Crippen LogP contribution < -0.4 is 4.74 Å². The van der Waals surface area contributed by atoms with E-state index < -0.39 is 5.97 Å². The predicted molar refractivity (Wildman–Crippen MR) is 82.0 cm³/mol. The molecule has 0 heterocycles. The highest BCUT2D eigenvalue weighted by Gasteiger charge is 2.04. The summed E-state index contributed by atoms with van der Waals surface area (Å²) in [5.41, 5.74) is 1.81. The van der Waals surface area contributed by atoms with Crippen LogP contribution in [0.25, 0.3) is 5.57 Å². The Morgan fingerprint density at radius 2 is 1.85 bits per heavy atom. The fraction of sp³-hybridized carbons (Fsp3) is 0.471. The summed E-state index contributed by atoms with van der Waals surface area (Å²) in [5.74, 6) is -0.0515. The van der Waals surface area contributed by atoms with Gasteiger partial charge in [0, 0.05) is 6.08 Å². The van der Waals surface area contributed by atoms with Crippen molar-refractivity contribution in [2.75, 3.05) is 6.61 Å². The maximum atomic E-state index is 10.8. The van der Waals surface area contributed by atoms with Gasteiger partial charge in [-0.3, -0.25) is 0 Å². The average Bonchev–Trinajstić information content (AvgIpc) is 2.43. The Balaban J connectivity index is 2.66. The lowest BCUT2D eigenvalue weighted by Crippen LogP contribution is -1.97. The van der Waals surface area contributed by atoms with Crippen molar-refractivity contribution >= 4 is 11.5 Å². The van der Waals surface area contributed by atoms with E-state index in [-0.39, 0.29) is 0 Å². The Morgan fingerprint density at radius 3 is 2.40 bits per heavy atom. The topological polar surface area (TPSA) is 46.5 Å². The molecule has 3 heteroatoms. The summed E-state index contributed by atoms with van der Waals surface area (Å²) in [4.78, 5) is 10.8. The summed E-state index contributed by atoms with van der Waals surface area (Å²) in [6.45, 7) is 4.94. The fourth-order valence-electron chi connectivity index (χ4n) is 2.03. The summed E-state index contributed by atoms with van der Waals surface area (Å²) >= 11 is 0. The number of rotatable bonds is 9. The number of carboxylic acids is 1. The van der Waals surface area contributed by atoms with Gasteiger partial charge in [-0.25, -0.2) is 4.79 Å². The maximum Gasteiger partial charge on any atom is 0.328 e. The molecule has 0 aliphatic rings. The molecule has 110 valence electrons. The van der Waals surface area contributed by atoms with Gasteiger partial charge in [-0.05, 0) is 36.1 Å². The molecule has 0 fully saturated rings. The van der Waals surface area contributed by atoms with Crippen LogP contribution in [-0.2, 0) is 4.79 Å². The first-order valence-corrected chi connectivity index (χ1v) is 7.34. The lowest BCUT2D eigenvalue weighted by atomic mass is 10.0. The third kappa shape index (κ3) is 5.91. The van der Waals surface area contributed by atoms with Crippen LogP contribution in [0.3, 0.4) is 0 Å². The van der Waals surface area contributed by atoms with Gasteiger partial charge in [0.1, 0.15) is 5.75 Å². The summed E-state index contributed by atoms with van der Waals surface area (Å²) in [6, 6.07) is 7.68.